The lowest BCUT2D eigenvalue weighted by molar-refractivity contribution is 0.0725. The Morgan fingerprint density at radius 1 is 0.912 bits per heavy atom. The molecule has 0 unspecified atom stereocenters. The van der Waals surface area contributed by atoms with Crippen LogP contribution in [-0.4, -0.2) is 5.97 Å². The molecule has 1 saturated carbocycles. The van der Waals surface area contributed by atoms with Crippen molar-refractivity contribution in [3.05, 3.63) is 76.6 Å². The molecule has 0 radical (unpaired) electrons. The van der Waals surface area contributed by atoms with Crippen molar-refractivity contribution in [3.63, 3.8) is 0 Å². The third-order valence-corrected chi connectivity index (χ3v) is 6.25. The number of carbonyl (C=O) groups is 1. The Morgan fingerprint density at radius 2 is 1.59 bits per heavy atom. The lowest BCUT2D eigenvalue weighted by Crippen LogP contribution is -2.14. The maximum atomic E-state index is 14.6. The maximum Gasteiger partial charge on any atom is 0.349 e. The number of rotatable bonds is 3. The van der Waals surface area contributed by atoms with Gasteiger partial charge >= 0.3 is 5.97 Å². The van der Waals surface area contributed by atoms with Gasteiger partial charge in [0.1, 0.15) is 22.9 Å². The van der Waals surface area contributed by atoms with Crippen molar-refractivity contribution < 1.29 is 31.5 Å². The summed E-state index contributed by atoms with van der Waals surface area (Å²) in [6.07, 6.45) is 5.22. The summed E-state index contributed by atoms with van der Waals surface area (Å²) in [6, 6.07) is 5.94. The first-order valence-electron chi connectivity index (χ1n) is 11.1. The van der Waals surface area contributed by atoms with Gasteiger partial charge in [0.15, 0.2) is 17.5 Å². The van der Waals surface area contributed by atoms with Gasteiger partial charge in [0.25, 0.3) is 0 Å². The van der Waals surface area contributed by atoms with E-state index in [0.717, 1.165) is 68.5 Å². The first kappa shape index (κ1) is 23.7. The fraction of sp³-hybridized carbons (Fsp3) is 0.296. The van der Waals surface area contributed by atoms with Crippen molar-refractivity contribution in [3.8, 4) is 17.6 Å². The molecule has 0 saturated heterocycles. The summed E-state index contributed by atoms with van der Waals surface area (Å²) in [5.74, 6) is -1.49. The zero-order valence-corrected chi connectivity index (χ0v) is 18.4. The van der Waals surface area contributed by atoms with E-state index in [1.807, 2.05) is 0 Å². The zero-order chi connectivity index (χ0) is 24.4. The quantitative estimate of drug-likeness (QED) is 0.131. The molecule has 0 aliphatic heterocycles. The molecule has 2 nitrogen and oxygen atoms in total. The highest BCUT2D eigenvalue weighted by molar-refractivity contribution is 5.93. The van der Waals surface area contributed by atoms with Crippen LogP contribution in [0.5, 0.6) is 5.75 Å². The second-order valence-corrected chi connectivity index (χ2v) is 8.47. The van der Waals surface area contributed by atoms with Crippen LogP contribution >= 0.6 is 0 Å². The van der Waals surface area contributed by atoms with Gasteiger partial charge in [0, 0.05) is 16.9 Å². The highest BCUT2D eigenvalue weighted by Gasteiger charge is 2.22. The summed E-state index contributed by atoms with van der Waals surface area (Å²) in [5.41, 5.74) is -0.798. The molecule has 3 aromatic rings. The molecule has 1 aliphatic rings. The molecule has 3 aromatic carbocycles. The fourth-order valence-corrected chi connectivity index (χ4v) is 4.25. The maximum absolute atomic E-state index is 14.6. The summed E-state index contributed by atoms with van der Waals surface area (Å²) in [4.78, 5) is 12.4. The van der Waals surface area contributed by atoms with Gasteiger partial charge in [-0.25, -0.2) is 26.7 Å². The highest BCUT2D eigenvalue weighted by Crippen LogP contribution is 2.30. The van der Waals surface area contributed by atoms with E-state index in [9.17, 15) is 26.7 Å². The number of carbonyl (C=O) groups excluding carboxylic acids is 1. The Labute approximate surface area is 193 Å². The summed E-state index contributed by atoms with van der Waals surface area (Å²) >= 11 is 0. The van der Waals surface area contributed by atoms with Gasteiger partial charge in [-0.05, 0) is 73.4 Å². The van der Waals surface area contributed by atoms with Crippen molar-refractivity contribution in [1.29, 1.82) is 0 Å². The molecule has 0 atom stereocenters. The number of hydrogen-bond acceptors (Lipinski definition) is 2. The molecule has 0 bridgehead atoms. The average Bonchev–Trinajstić information content (AvgIpc) is 2.81. The van der Waals surface area contributed by atoms with E-state index in [-0.39, 0.29) is 28.0 Å². The van der Waals surface area contributed by atoms with Crippen LogP contribution in [0.25, 0.3) is 10.8 Å². The Hall–Kier alpha value is -3.40. The molecular formula is C27H21F5O2. The smallest absolute Gasteiger partial charge is 0.349 e. The Kier molecular flexibility index (Phi) is 6.87. The fourth-order valence-electron chi connectivity index (χ4n) is 4.25. The minimum atomic E-state index is -1.63. The number of halogens is 5. The number of esters is 1. The van der Waals surface area contributed by atoms with E-state index in [2.05, 4.69) is 18.8 Å². The van der Waals surface area contributed by atoms with Gasteiger partial charge in [-0.3, -0.25) is 0 Å². The zero-order valence-electron chi connectivity index (χ0n) is 18.4. The predicted octanol–water partition coefficient (Wildman–Crippen LogP) is 7.32. The molecule has 1 fully saturated rings. The van der Waals surface area contributed by atoms with Crippen LogP contribution in [0.3, 0.4) is 0 Å². The van der Waals surface area contributed by atoms with E-state index in [0.29, 0.717) is 5.92 Å². The first-order valence-corrected chi connectivity index (χ1v) is 11.1. The molecule has 1 aliphatic carbocycles. The molecule has 0 heterocycles. The van der Waals surface area contributed by atoms with Crippen molar-refractivity contribution in [1.82, 2.24) is 0 Å². The number of ether oxygens (including phenoxy) is 1. The summed E-state index contributed by atoms with van der Waals surface area (Å²) in [5, 5.41) is -0.316. The van der Waals surface area contributed by atoms with Gasteiger partial charge < -0.3 is 4.74 Å². The Bertz CT molecular complexity index is 1290. The van der Waals surface area contributed by atoms with Gasteiger partial charge in [-0.1, -0.05) is 25.2 Å². The topological polar surface area (TPSA) is 26.3 Å². The molecule has 0 aromatic heterocycles. The highest BCUT2D eigenvalue weighted by atomic mass is 19.2. The monoisotopic (exact) mass is 472 g/mol. The standard InChI is InChI=1S/C27H21F5O2/c1-2-15-3-5-16(6-4-15)7-8-17-11-21(28)24(22(29)12-17)27(33)34-19-9-10-20-18(13-19)14-23(30)26(32)25(20)31/h9-16H,2-6H2,1H3. The van der Waals surface area contributed by atoms with Crippen LogP contribution in [0.15, 0.2) is 36.4 Å². The lowest BCUT2D eigenvalue weighted by Gasteiger charge is -2.24. The van der Waals surface area contributed by atoms with Gasteiger partial charge in [-0.2, -0.15) is 0 Å². The van der Waals surface area contributed by atoms with Gasteiger partial charge in [0.05, 0.1) is 0 Å². The molecule has 34 heavy (non-hydrogen) atoms. The summed E-state index contributed by atoms with van der Waals surface area (Å²) in [6.45, 7) is 2.16. The van der Waals surface area contributed by atoms with Gasteiger partial charge in [-0.15, -0.1) is 0 Å². The predicted molar refractivity (Wildman–Crippen MR) is 118 cm³/mol. The largest absolute Gasteiger partial charge is 0.423 e. The molecule has 0 N–H and O–H groups in total. The van der Waals surface area contributed by atoms with E-state index in [4.69, 9.17) is 4.74 Å². The third kappa shape index (κ3) is 4.91. The van der Waals surface area contributed by atoms with E-state index >= 15 is 0 Å². The van der Waals surface area contributed by atoms with E-state index in [1.165, 1.54) is 0 Å². The van der Waals surface area contributed by atoms with Crippen LogP contribution < -0.4 is 4.74 Å². The number of hydrogen-bond donors (Lipinski definition) is 0. The molecule has 4 rings (SSSR count). The average molecular weight is 472 g/mol. The first-order chi connectivity index (χ1) is 16.3. The van der Waals surface area contributed by atoms with E-state index < -0.39 is 40.6 Å². The Morgan fingerprint density at radius 3 is 2.24 bits per heavy atom. The van der Waals surface area contributed by atoms with E-state index in [1.54, 1.807) is 0 Å². The molecule has 176 valence electrons. The molecule has 0 spiro atoms. The van der Waals surface area contributed by atoms with Crippen LogP contribution in [0.1, 0.15) is 54.9 Å². The second kappa shape index (κ2) is 9.84. The minimum Gasteiger partial charge on any atom is -0.423 e. The van der Waals surface area contributed by atoms with Crippen molar-refractivity contribution in [2.75, 3.05) is 0 Å². The normalized spacial score (nSPS) is 17.8. The van der Waals surface area contributed by atoms with Crippen LogP contribution in [0.2, 0.25) is 0 Å². The van der Waals surface area contributed by atoms with Crippen LogP contribution in [0.4, 0.5) is 22.0 Å². The van der Waals surface area contributed by atoms with Crippen molar-refractivity contribution in [2.24, 2.45) is 11.8 Å². The van der Waals surface area contributed by atoms with Crippen molar-refractivity contribution >= 4 is 16.7 Å². The van der Waals surface area contributed by atoms with Crippen LogP contribution in [0, 0.1) is 52.8 Å². The third-order valence-electron chi connectivity index (χ3n) is 6.25. The number of benzene rings is 3. The second-order valence-electron chi connectivity index (χ2n) is 8.47. The summed E-state index contributed by atoms with van der Waals surface area (Å²) < 4.78 is 74.9. The van der Waals surface area contributed by atoms with Crippen LogP contribution in [-0.2, 0) is 0 Å². The summed E-state index contributed by atoms with van der Waals surface area (Å²) in [7, 11) is 0. The van der Waals surface area contributed by atoms with Gasteiger partial charge in [0.2, 0.25) is 0 Å². The SMILES string of the molecule is CCC1CCC(C#Cc2cc(F)c(C(=O)Oc3ccc4c(F)c(F)c(F)cc4c3)c(F)c2)CC1. The Balaban J connectivity index is 1.52. The molecule has 0 amide bonds. The minimum absolute atomic E-state index is 0.0822. The van der Waals surface area contributed by atoms with Crippen molar-refractivity contribution in [2.45, 2.75) is 39.0 Å². The molecular weight excluding hydrogens is 451 g/mol. The molecule has 7 heteroatoms. The lowest BCUT2D eigenvalue weighted by atomic mass is 9.81. The number of fused-ring (bicyclic) bond motifs is 1.